The fourth-order valence-corrected chi connectivity index (χ4v) is 6.57. The molecule has 2 aromatic heterocycles. The van der Waals surface area contributed by atoms with Gasteiger partial charge in [0.05, 0.1) is 12.4 Å². The Balaban J connectivity index is 1.55. The Labute approximate surface area is 353 Å². The first kappa shape index (κ1) is 46.9. The molecule has 0 aliphatic rings. The molecule has 4 aromatic rings. The lowest BCUT2D eigenvalue weighted by Gasteiger charge is -2.26. The van der Waals surface area contributed by atoms with Crippen LogP contribution in [0.4, 0.5) is 0 Å². The largest absolute Gasteiger partial charge is 0.370 e. The Morgan fingerprint density at radius 1 is 0.689 bits per heavy atom. The second-order valence-corrected chi connectivity index (χ2v) is 14.8. The first-order valence-electron chi connectivity index (χ1n) is 20.1. The lowest BCUT2D eigenvalue weighted by atomic mass is 10.0. The smallest absolute Gasteiger partial charge is 0.243 e. The van der Waals surface area contributed by atoms with Gasteiger partial charge in [-0.1, -0.05) is 48.5 Å². The summed E-state index contributed by atoms with van der Waals surface area (Å²) in [4.78, 5) is 95.1. The van der Waals surface area contributed by atoms with Gasteiger partial charge >= 0.3 is 0 Å². The molecular formula is C41H58N14O6. The molecule has 20 nitrogen and oxygen atoms in total. The topological polar surface area (TPSA) is 349 Å². The van der Waals surface area contributed by atoms with Crippen molar-refractivity contribution >= 4 is 52.3 Å². The number of aliphatic imine (C=N–C) groups is 1. The molecule has 20 heteroatoms. The SMILES string of the molecule is CC(NC(=O)C(CCCN=C(N)N)NC(=O)C(N)Cc1cnc[nH]1)C(=O)NC(Cc1c[nH]c2ccccc12)C(=O)NC(Cc1ccccc1)C(=O)NC(CCCCN)C(N)=O. The monoisotopic (exact) mass is 842 g/mol. The lowest BCUT2D eigenvalue weighted by Crippen LogP contribution is -2.59. The molecule has 328 valence electrons. The molecule has 61 heavy (non-hydrogen) atoms. The summed E-state index contributed by atoms with van der Waals surface area (Å²) in [6.45, 7) is 2.00. The molecule has 2 aromatic carbocycles. The maximum atomic E-state index is 14.3. The van der Waals surface area contributed by atoms with Gasteiger partial charge in [0, 0.05) is 54.8 Å². The van der Waals surface area contributed by atoms with Crippen molar-refractivity contribution in [2.24, 2.45) is 33.7 Å². The van der Waals surface area contributed by atoms with Crippen LogP contribution in [0.1, 0.15) is 55.8 Å². The van der Waals surface area contributed by atoms with Crippen molar-refractivity contribution in [3.8, 4) is 0 Å². The molecule has 6 atom stereocenters. The van der Waals surface area contributed by atoms with E-state index in [1.165, 1.54) is 19.4 Å². The van der Waals surface area contributed by atoms with Crippen LogP contribution < -0.4 is 55.3 Å². The predicted molar refractivity (Wildman–Crippen MR) is 230 cm³/mol. The third kappa shape index (κ3) is 15.1. The number of guanidine groups is 1. The van der Waals surface area contributed by atoms with Crippen LogP contribution in [0.25, 0.3) is 10.9 Å². The maximum Gasteiger partial charge on any atom is 0.243 e. The van der Waals surface area contributed by atoms with Crippen LogP contribution in [-0.2, 0) is 48.0 Å². The Bertz CT molecular complexity index is 2090. The van der Waals surface area contributed by atoms with Crippen molar-refractivity contribution in [1.29, 1.82) is 0 Å². The number of hydrogen-bond acceptors (Lipinski definition) is 10. The number of aromatic nitrogens is 3. The number of hydrogen-bond donors (Lipinski definition) is 12. The summed E-state index contributed by atoms with van der Waals surface area (Å²) >= 11 is 0. The Morgan fingerprint density at radius 3 is 1.98 bits per heavy atom. The Hall–Kier alpha value is -6.80. The molecule has 0 aliphatic heterocycles. The van der Waals surface area contributed by atoms with Crippen LogP contribution in [0, 0.1) is 0 Å². The van der Waals surface area contributed by atoms with Crippen LogP contribution in [-0.4, -0.2) is 106 Å². The summed E-state index contributed by atoms with van der Waals surface area (Å²) in [6, 6.07) is 9.56. The molecule has 0 bridgehead atoms. The second kappa shape index (κ2) is 23.7. The zero-order chi connectivity index (χ0) is 44.3. The molecule has 6 unspecified atom stereocenters. The van der Waals surface area contributed by atoms with Gasteiger partial charge in [0.25, 0.3) is 0 Å². The minimum Gasteiger partial charge on any atom is -0.370 e. The summed E-state index contributed by atoms with van der Waals surface area (Å²) in [5, 5.41) is 14.3. The van der Waals surface area contributed by atoms with Gasteiger partial charge in [0.1, 0.15) is 30.2 Å². The molecule has 6 amide bonds. The normalized spacial score (nSPS) is 14.0. The quantitative estimate of drug-likeness (QED) is 0.0204. The summed E-state index contributed by atoms with van der Waals surface area (Å²) in [5.74, 6) is -4.26. The van der Waals surface area contributed by atoms with E-state index in [-0.39, 0.29) is 44.6 Å². The number of benzene rings is 2. The predicted octanol–water partition coefficient (Wildman–Crippen LogP) is -1.64. The van der Waals surface area contributed by atoms with Crippen LogP contribution in [0.3, 0.4) is 0 Å². The van der Waals surface area contributed by atoms with Gasteiger partial charge in [-0.2, -0.15) is 0 Å². The number of unbranched alkanes of at least 4 members (excludes halogenated alkanes) is 1. The first-order chi connectivity index (χ1) is 29.2. The number of H-pyrrole nitrogens is 2. The van der Waals surface area contributed by atoms with Gasteiger partial charge in [-0.15, -0.1) is 0 Å². The van der Waals surface area contributed by atoms with Crippen LogP contribution in [0.2, 0.25) is 0 Å². The zero-order valence-corrected chi connectivity index (χ0v) is 34.2. The molecule has 4 rings (SSSR count). The summed E-state index contributed by atoms with van der Waals surface area (Å²) < 4.78 is 0. The van der Waals surface area contributed by atoms with E-state index in [0.717, 1.165) is 16.5 Å². The highest BCUT2D eigenvalue weighted by Crippen LogP contribution is 2.20. The third-order valence-corrected chi connectivity index (χ3v) is 9.92. The molecule has 0 spiro atoms. The van der Waals surface area contributed by atoms with Gasteiger partial charge in [0.2, 0.25) is 35.4 Å². The van der Waals surface area contributed by atoms with Gasteiger partial charge in [-0.3, -0.25) is 33.8 Å². The van der Waals surface area contributed by atoms with Crippen LogP contribution >= 0.6 is 0 Å². The van der Waals surface area contributed by atoms with E-state index in [1.807, 2.05) is 30.3 Å². The molecule has 0 saturated heterocycles. The number of primary amides is 1. The second-order valence-electron chi connectivity index (χ2n) is 14.8. The number of para-hydroxylation sites is 1. The molecule has 17 N–H and O–H groups in total. The summed E-state index contributed by atoms with van der Waals surface area (Å²) in [7, 11) is 0. The molecular weight excluding hydrogens is 785 g/mol. The van der Waals surface area contributed by atoms with Gasteiger partial charge in [-0.25, -0.2) is 4.98 Å². The average molecular weight is 843 g/mol. The fraction of sp³-hybridized carbons (Fsp3) is 0.415. The van der Waals surface area contributed by atoms with Gasteiger partial charge in [0.15, 0.2) is 5.96 Å². The van der Waals surface area contributed by atoms with Crippen molar-refractivity contribution < 1.29 is 28.8 Å². The minimum absolute atomic E-state index is 0.0113. The number of nitrogens with one attached hydrogen (secondary N) is 7. The minimum atomic E-state index is -1.26. The van der Waals surface area contributed by atoms with E-state index >= 15 is 0 Å². The van der Waals surface area contributed by atoms with Crippen molar-refractivity contribution in [3.05, 3.63) is 90.1 Å². The number of amides is 6. The standard InChI is InChI=1S/C41H58N14O6/c1-24(51-38(59)32(15-9-17-48-41(45)46)53-37(58)29(43)20-27-22-47-23-50-27)36(57)54-34(19-26-21-49-30-13-6-5-12-28(26)30)40(61)55-33(18-25-10-3-2-4-11-25)39(60)52-31(35(44)56)14-7-8-16-42/h2-6,10-13,21-24,29,31-34,49H,7-9,14-20,42-43H2,1H3,(H2,44,56)(H,47,50)(H,51,59)(H,52,60)(H,53,58)(H,54,57)(H,55,61)(H4,45,46,48). The van der Waals surface area contributed by atoms with Gasteiger partial charge < -0.3 is 65.2 Å². The lowest BCUT2D eigenvalue weighted by molar-refractivity contribution is -0.135. The van der Waals surface area contributed by atoms with E-state index in [9.17, 15) is 28.8 Å². The molecule has 0 fully saturated rings. The van der Waals surface area contributed by atoms with E-state index in [0.29, 0.717) is 37.1 Å². The third-order valence-electron chi connectivity index (χ3n) is 9.92. The van der Waals surface area contributed by atoms with Crippen molar-refractivity contribution in [2.45, 2.75) is 94.5 Å². The number of nitrogens with two attached hydrogens (primary N) is 5. The average Bonchev–Trinajstić information content (AvgIpc) is 3.91. The van der Waals surface area contributed by atoms with E-state index in [2.05, 4.69) is 46.5 Å². The first-order valence-corrected chi connectivity index (χ1v) is 20.1. The van der Waals surface area contributed by atoms with Gasteiger partial charge in [-0.05, 0) is 62.8 Å². The number of imidazole rings is 1. The number of carbonyl (C=O) groups is 6. The van der Waals surface area contributed by atoms with Crippen LogP contribution in [0.5, 0.6) is 0 Å². The van der Waals surface area contributed by atoms with Crippen LogP contribution in [0.15, 0.2) is 78.3 Å². The number of fused-ring (bicyclic) bond motifs is 1. The maximum absolute atomic E-state index is 14.3. The number of nitrogens with zero attached hydrogens (tertiary/aromatic N) is 2. The van der Waals surface area contributed by atoms with Crippen molar-refractivity contribution in [1.82, 2.24) is 41.5 Å². The highest BCUT2D eigenvalue weighted by Gasteiger charge is 2.32. The molecule has 0 saturated carbocycles. The van der Waals surface area contributed by atoms with Crippen molar-refractivity contribution in [3.63, 3.8) is 0 Å². The highest BCUT2D eigenvalue weighted by atomic mass is 16.2. The Kier molecular flexibility index (Phi) is 18.2. The number of rotatable bonds is 25. The summed E-state index contributed by atoms with van der Waals surface area (Å²) in [5.41, 5.74) is 31.1. The molecule has 2 heterocycles. The number of aromatic amines is 2. The van der Waals surface area contributed by atoms with E-state index in [1.54, 1.807) is 30.5 Å². The molecule has 0 aliphatic carbocycles. The molecule has 0 radical (unpaired) electrons. The number of carbonyl (C=O) groups excluding carboxylic acids is 6. The zero-order valence-electron chi connectivity index (χ0n) is 34.2. The highest BCUT2D eigenvalue weighted by molar-refractivity contribution is 5.97. The van der Waals surface area contributed by atoms with Crippen molar-refractivity contribution in [2.75, 3.05) is 13.1 Å². The van der Waals surface area contributed by atoms with E-state index in [4.69, 9.17) is 28.7 Å². The fourth-order valence-electron chi connectivity index (χ4n) is 6.57. The summed E-state index contributed by atoms with van der Waals surface area (Å²) in [6.07, 6.45) is 6.68. The van der Waals surface area contributed by atoms with E-state index < -0.39 is 71.7 Å². The Morgan fingerprint density at radius 2 is 1.31 bits per heavy atom.